The van der Waals surface area contributed by atoms with Crippen molar-refractivity contribution < 1.29 is 13.2 Å². The number of nitrogens with zero attached hydrogens (tertiary/aromatic N) is 2. The second-order valence-corrected chi connectivity index (χ2v) is 3.75. The molecule has 0 radical (unpaired) electrons. The normalized spacial score (nSPS) is 11.6. The van der Waals surface area contributed by atoms with Crippen molar-refractivity contribution in [1.29, 1.82) is 0 Å². The van der Waals surface area contributed by atoms with Crippen molar-refractivity contribution in [2.75, 3.05) is 23.9 Å². The van der Waals surface area contributed by atoms with Crippen LogP contribution in [0.25, 0.3) is 0 Å². The fourth-order valence-corrected chi connectivity index (χ4v) is 1.59. The lowest BCUT2D eigenvalue weighted by Crippen LogP contribution is -2.36. The first-order valence-corrected chi connectivity index (χ1v) is 5.27. The zero-order valence-electron chi connectivity index (χ0n) is 8.76. The first kappa shape index (κ1) is 13.1. The fourth-order valence-electron chi connectivity index (χ4n) is 1.39. The van der Waals surface area contributed by atoms with Gasteiger partial charge in [0, 0.05) is 18.6 Å². The summed E-state index contributed by atoms with van der Waals surface area (Å²) in [5, 5.41) is 0. The summed E-state index contributed by atoms with van der Waals surface area (Å²) in [6.07, 6.45) is -2.78. The van der Waals surface area contributed by atoms with Crippen LogP contribution in [-0.4, -0.2) is 30.1 Å². The quantitative estimate of drug-likeness (QED) is 0.766. The number of pyridine rings is 1. The Balaban J connectivity index is 2.89. The van der Waals surface area contributed by atoms with Crippen LogP contribution in [0.3, 0.4) is 0 Å². The third-order valence-corrected chi connectivity index (χ3v) is 2.17. The van der Waals surface area contributed by atoms with E-state index >= 15 is 0 Å². The molecule has 0 aliphatic heterocycles. The minimum atomic E-state index is -4.25. The van der Waals surface area contributed by atoms with Crippen LogP contribution in [0.4, 0.5) is 19.0 Å². The summed E-state index contributed by atoms with van der Waals surface area (Å²) < 4.78 is 37.0. The molecule has 1 aromatic heterocycles. The maximum Gasteiger partial charge on any atom is 0.405 e. The molecule has 0 aromatic carbocycles. The number of aromatic nitrogens is 1. The molecule has 16 heavy (non-hydrogen) atoms. The highest BCUT2D eigenvalue weighted by atomic mass is 35.5. The van der Waals surface area contributed by atoms with Crippen molar-refractivity contribution >= 4 is 17.4 Å². The maximum atomic E-state index is 12.3. The molecule has 0 N–H and O–H groups in total. The first-order valence-electron chi connectivity index (χ1n) is 4.73. The van der Waals surface area contributed by atoms with Gasteiger partial charge in [-0.1, -0.05) is 6.07 Å². The topological polar surface area (TPSA) is 16.1 Å². The van der Waals surface area contributed by atoms with E-state index in [2.05, 4.69) is 4.98 Å². The molecule has 0 saturated carbocycles. The van der Waals surface area contributed by atoms with Gasteiger partial charge >= 0.3 is 6.18 Å². The Morgan fingerprint density at radius 2 is 2.12 bits per heavy atom. The minimum absolute atomic E-state index is 0.124. The number of alkyl halides is 4. The molecule has 1 aromatic rings. The van der Waals surface area contributed by atoms with E-state index < -0.39 is 12.7 Å². The highest BCUT2D eigenvalue weighted by Gasteiger charge is 2.31. The lowest BCUT2D eigenvalue weighted by Gasteiger charge is -2.25. The Bertz CT molecular complexity index is 341. The summed E-state index contributed by atoms with van der Waals surface area (Å²) in [5.74, 6) is 0.465. The van der Waals surface area contributed by atoms with Crippen LogP contribution < -0.4 is 4.90 Å². The van der Waals surface area contributed by atoms with Gasteiger partial charge in [-0.2, -0.15) is 13.2 Å². The van der Waals surface area contributed by atoms with E-state index in [0.29, 0.717) is 11.4 Å². The predicted molar refractivity (Wildman–Crippen MR) is 58.0 cm³/mol. The Morgan fingerprint density at radius 1 is 1.44 bits per heavy atom. The van der Waals surface area contributed by atoms with Gasteiger partial charge in [-0.05, 0) is 18.6 Å². The molecular weight excluding hydrogens is 241 g/mol. The summed E-state index contributed by atoms with van der Waals surface area (Å²) in [5.41, 5.74) is 0.705. The molecule has 0 aliphatic rings. The van der Waals surface area contributed by atoms with Crippen LogP contribution >= 0.6 is 11.6 Å². The summed E-state index contributed by atoms with van der Waals surface area (Å²) in [7, 11) is 0. The third kappa shape index (κ3) is 3.89. The van der Waals surface area contributed by atoms with Crippen molar-refractivity contribution in [3.05, 3.63) is 23.9 Å². The SMILES string of the molecule is Cc1cccnc1N(CCCl)CC(F)(F)F. The maximum absolute atomic E-state index is 12.3. The molecule has 0 saturated heterocycles. The Morgan fingerprint density at radius 3 is 2.62 bits per heavy atom. The Labute approximate surface area is 97.0 Å². The number of hydrogen-bond donors (Lipinski definition) is 0. The molecule has 0 aliphatic carbocycles. The van der Waals surface area contributed by atoms with Crippen LogP contribution in [0.15, 0.2) is 18.3 Å². The van der Waals surface area contributed by atoms with E-state index in [-0.39, 0.29) is 12.4 Å². The molecule has 90 valence electrons. The molecule has 0 fully saturated rings. The smallest absolute Gasteiger partial charge is 0.346 e. The number of halogens is 4. The third-order valence-electron chi connectivity index (χ3n) is 2.01. The van der Waals surface area contributed by atoms with Gasteiger partial charge in [-0.25, -0.2) is 4.98 Å². The zero-order valence-corrected chi connectivity index (χ0v) is 9.52. The highest BCUT2D eigenvalue weighted by Crippen LogP contribution is 2.22. The van der Waals surface area contributed by atoms with Gasteiger partial charge in [0.05, 0.1) is 0 Å². The first-order chi connectivity index (χ1) is 7.44. The molecule has 0 atom stereocenters. The molecule has 2 nitrogen and oxygen atoms in total. The van der Waals surface area contributed by atoms with Crippen molar-refractivity contribution in [1.82, 2.24) is 4.98 Å². The summed E-state index contributed by atoms with van der Waals surface area (Å²) in [6, 6.07) is 3.41. The van der Waals surface area contributed by atoms with E-state index in [9.17, 15) is 13.2 Å². The molecule has 0 amide bonds. The molecule has 0 bridgehead atoms. The van der Waals surface area contributed by atoms with Crippen LogP contribution in [0.2, 0.25) is 0 Å². The second kappa shape index (κ2) is 5.39. The van der Waals surface area contributed by atoms with E-state index in [1.807, 2.05) is 0 Å². The van der Waals surface area contributed by atoms with Crippen LogP contribution in [0, 0.1) is 6.92 Å². The highest BCUT2D eigenvalue weighted by molar-refractivity contribution is 6.18. The van der Waals surface area contributed by atoms with Gasteiger partial charge in [0.15, 0.2) is 0 Å². The lowest BCUT2D eigenvalue weighted by molar-refractivity contribution is -0.119. The number of hydrogen-bond acceptors (Lipinski definition) is 2. The van der Waals surface area contributed by atoms with Gasteiger partial charge in [0.25, 0.3) is 0 Å². The van der Waals surface area contributed by atoms with Crippen LogP contribution in [0.1, 0.15) is 5.56 Å². The average Bonchev–Trinajstić information content (AvgIpc) is 2.16. The van der Waals surface area contributed by atoms with Crippen LogP contribution in [-0.2, 0) is 0 Å². The predicted octanol–water partition coefficient (Wildman–Crippen LogP) is 3.00. The number of rotatable bonds is 4. The van der Waals surface area contributed by atoms with Crippen molar-refractivity contribution in [3.8, 4) is 0 Å². The summed E-state index contributed by atoms with van der Waals surface area (Å²) >= 11 is 5.49. The van der Waals surface area contributed by atoms with E-state index in [1.165, 1.54) is 6.20 Å². The molecule has 0 spiro atoms. The largest absolute Gasteiger partial charge is 0.405 e. The number of anilines is 1. The number of aryl methyl sites for hydroxylation is 1. The molecule has 6 heteroatoms. The van der Waals surface area contributed by atoms with Crippen LogP contribution in [0.5, 0.6) is 0 Å². The molecule has 1 rings (SSSR count). The summed E-state index contributed by atoms with van der Waals surface area (Å²) in [4.78, 5) is 5.09. The van der Waals surface area contributed by atoms with E-state index in [0.717, 1.165) is 4.90 Å². The van der Waals surface area contributed by atoms with Gasteiger partial charge in [0.2, 0.25) is 0 Å². The second-order valence-electron chi connectivity index (χ2n) is 3.37. The minimum Gasteiger partial charge on any atom is -0.346 e. The van der Waals surface area contributed by atoms with Gasteiger partial charge in [-0.15, -0.1) is 11.6 Å². The Hall–Kier alpha value is -0.970. The summed E-state index contributed by atoms with van der Waals surface area (Å²) in [6.45, 7) is 0.816. The van der Waals surface area contributed by atoms with Crippen molar-refractivity contribution in [3.63, 3.8) is 0 Å². The standard InChI is InChI=1S/C10H12ClF3N2/c1-8-3-2-5-15-9(8)16(6-4-11)7-10(12,13)14/h2-3,5H,4,6-7H2,1H3. The van der Waals surface area contributed by atoms with Crippen molar-refractivity contribution in [2.45, 2.75) is 13.1 Å². The van der Waals surface area contributed by atoms with Gasteiger partial charge < -0.3 is 4.90 Å². The molecular formula is C10H12ClF3N2. The van der Waals surface area contributed by atoms with Gasteiger partial charge in [0.1, 0.15) is 12.4 Å². The van der Waals surface area contributed by atoms with E-state index in [4.69, 9.17) is 11.6 Å². The molecule has 1 heterocycles. The van der Waals surface area contributed by atoms with Gasteiger partial charge in [-0.3, -0.25) is 0 Å². The lowest BCUT2D eigenvalue weighted by atomic mass is 10.2. The fraction of sp³-hybridized carbons (Fsp3) is 0.500. The zero-order chi connectivity index (χ0) is 12.2. The van der Waals surface area contributed by atoms with E-state index in [1.54, 1.807) is 19.1 Å². The monoisotopic (exact) mass is 252 g/mol. The Kier molecular flexibility index (Phi) is 4.41. The average molecular weight is 253 g/mol. The van der Waals surface area contributed by atoms with Crippen molar-refractivity contribution in [2.24, 2.45) is 0 Å². The molecule has 0 unspecified atom stereocenters.